The summed E-state index contributed by atoms with van der Waals surface area (Å²) in [4.78, 5) is 12.0. The Hall–Kier alpha value is -2.03. The summed E-state index contributed by atoms with van der Waals surface area (Å²) in [6.45, 7) is 0.849. The molecule has 1 saturated heterocycles. The van der Waals surface area contributed by atoms with E-state index in [0.717, 1.165) is 61.2 Å². The van der Waals surface area contributed by atoms with Gasteiger partial charge in [-0.1, -0.05) is 12.1 Å². The highest BCUT2D eigenvalue weighted by atomic mass is 32.2. The number of fused-ring (bicyclic) bond motifs is 2. The topological polar surface area (TPSA) is 109 Å². The molecule has 0 amide bonds. The fourth-order valence-electron chi connectivity index (χ4n) is 4.71. The van der Waals surface area contributed by atoms with Crippen molar-refractivity contribution in [1.29, 1.82) is 0 Å². The predicted octanol–water partition coefficient (Wildman–Crippen LogP) is 1.24. The zero-order valence-electron chi connectivity index (χ0n) is 14.9. The van der Waals surface area contributed by atoms with Crippen molar-refractivity contribution in [3.8, 4) is 11.3 Å². The van der Waals surface area contributed by atoms with Gasteiger partial charge in [0, 0.05) is 35.3 Å². The van der Waals surface area contributed by atoms with E-state index in [4.69, 9.17) is 15.1 Å². The quantitative estimate of drug-likeness (QED) is 0.821. The molecule has 142 valence electrons. The van der Waals surface area contributed by atoms with Crippen LogP contribution >= 0.6 is 0 Å². The lowest BCUT2D eigenvalue weighted by Crippen LogP contribution is -2.49. The Labute approximate surface area is 158 Å². The number of aryl methyl sites for hydroxylation is 1. The second-order valence-corrected chi connectivity index (χ2v) is 9.30. The third kappa shape index (κ3) is 2.74. The van der Waals surface area contributed by atoms with Gasteiger partial charge in [-0.2, -0.15) is 0 Å². The lowest BCUT2D eigenvalue weighted by Gasteiger charge is -2.40. The van der Waals surface area contributed by atoms with Crippen molar-refractivity contribution in [2.75, 3.05) is 11.4 Å². The maximum atomic E-state index is 11.8. The average molecular weight is 386 g/mol. The van der Waals surface area contributed by atoms with Gasteiger partial charge in [0.15, 0.2) is 0 Å². The molecule has 27 heavy (non-hydrogen) atoms. The van der Waals surface area contributed by atoms with Crippen LogP contribution in [0.15, 0.2) is 29.2 Å². The number of rotatable bonds is 3. The second-order valence-electron chi connectivity index (χ2n) is 7.74. The molecular formula is C19H22N4O3S. The maximum Gasteiger partial charge on any atom is 0.238 e. The largest absolute Gasteiger partial charge is 0.393 e. The van der Waals surface area contributed by atoms with Gasteiger partial charge in [-0.3, -0.25) is 0 Å². The highest BCUT2D eigenvalue weighted by molar-refractivity contribution is 7.89. The number of primary sulfonamides is 1. The number of aliphatic hydroxyl groups is 1. The van der Waals surface area contributed by atoms with E-state index in [-0.39, 0.29) is 11.0 Å². The molecule has 1 saturated carbocycles. The molecular weight excluding hydrogens is 364 g/mol. The summed E-state index contributed by atoms with van der Waals surface area (Å²) in [6.07, 6.45) is 4.36. The van der Waals surface area contributed by atoms with E-state index >= 15 is 0 Å². The van der Waals surface area contributed by atoms with Gasteiger partial charge in [-0.05, 0) is 44.2 Å². The zero-order valence-corrected chi connectivity index (χ0v) is 15.7. The number of anilines is 1. The molecule has 0 bridgehead atoms. The van der Waals surface area contributed by atoms with Crippen molar-refractivity contribution >= 4 is 16.0 Å². The molecule has 2 aliphatic carbocycles. The van der Waals surface area contributed by atoms with E-state index in [2.05, 4.69) is 4.90 Å². The van der Waals surface area contributed by atoms with E-state index in [1.165, 1.54) is 6.07 Å². The summed E-state index contributed by atoms with van der Waals surface area (Å²) >= 11 is 0. The van der Waals surface area contributed by atoms with Gasteiger partial charge in [-0.15, -0.1) is 0 Å². The Bertz CT molecular complexity index is 1020. The van der Waals surface area contributed by atoms with Gasteiger partial charge < -0.3 is 10.0 Å². The summed E-state index contributed by atoms with van der Waals surface area (Å²) in [5, 5.41) is 15.2. The Morgan fingerprint density at radius 2 is 2.07 bits per heavy atom. The number of aromatic nitrogens is 2. The first-order valence-electron chi connectivity index (χ1n) is 9.39. The van der Waals surface area contributed by atoms with E-state index in [9.17, 15) is 13.5 Å². The fourth-order valence-corrected chi connectivity index (χ4v) is 5.27. The Balaban J connectivity index is 1.60. The first-order chi connectivity index (χ1) is 12.9. The molecule has 0 radical (unpaired) electrons. The minimum atomic E-state index is -3.77. The minimum absolute atomic E-state index is 0.0928. The van der Waals surface area contributed by atoms with Crippen molar-refractivity contribution in [1.82, 2.24) is 9.97 Å². The van der Waals surface area contributed by atoms with Gasteiger partial charge in [0.2, 0.25) is 16.0 Å². The van der Waals surface area contributed by atoms with Crippen molar-refractivity contribution in [2.24, 2.45) is 11.1 Å². The predicted molar refractivity (Wildman–Crippen MR) is 101 cm³/mol. The van der Waals surface area contributed by atoms with Crippen LogP contribution in [0, 0.1) is 5.92 Å². The second kappa shape index (κ2) is 5.98. The third-order valence-electron chi connectivity index (χ3n) is 6.19. The van der Waals surface area contributed by atoms with Crippen LogP contribution in [0.3, 0.4) is 0 Å². The van der Waals surface area contributed by atoms with Crippen LogP contribution < -0.4 is 10.0 Å². The molecule has 1 aliphatic heterocycles. The van der Waals surface area contributed by atoms with E-state index in [1.807, 2.05) is 6.07 Å². The number of nitrogens with zero attached hydrogens (tertiary/aromatic N) is 3. The Kier molecular flexibility index (Phi) is 3.79. The van der Waals surface area contributed by atoms with Gasteiger partial charge in [0.05, 0.1) is 16.7 Å². The van der Waals surface area contributed by atoms with E-state index in [1.54, 1.807) is 12.1 Å². The molecule has 1 aromatic heterocycles. The van der Waals surface area contributed by atoms with E-state index in [0.29, 0.717) is 17.9 Å². The molecule has 2 aromatic rings. The van der Waals surface area contributed by atoms with Gasteiger partial charge in [-0.25, -0.2) is 23.5 Å². The van der Waals surface area contributed by atoms with Crippen LogP contribution in [0.1, 0.15) is 30.5 Å². The molecule has 0 spiro atoms. The molecule has 0 unspecified atom stereocenters. The lowest BCUT2D eigenvalue weighted by molar-refractivity contribution is 0.0187. The molecule has 7 nitrogen and oxygen atoms in total. The normalized spacial score (nSPS) is 26.6. The minimum Gasteiger partial charge on any atom is -0.393 e. The molecule has 8 heteroatoms. The number of nitrogens with two attached hydrogens (primary N) is 1. The maximum absolute atomic E-state index is 11.8. The number of aliphatic hydroxyl groups excluding tert-OH is 1. The van der Waals surface area contributed by atoms with Gasteiger partial charge in [0.25, 0.3) is 0 Å². The standard InChI is InChI=1S/C19H22N4O3S/c20-27(25,26)12-4-1-3-11(9-12)18-13-5-2-6-15(13)21-19(22-18)23-8-7-14-16(23)10-17(14)24/h1,3-4,9,14,16-17,24H,2,5-8,10H2,(H2,20,25,26)/t14-,16-,17+/m0/s1. The summed E-state index contributed by atoms with van der Waals surface area (Å²) in [7, 11) is -3.77. The third-order valence-corrected chi connectivity index (χ3v) is 7.10. The average Bonchev–Trinajstić information content (AvgIpc) is 3.23. The fraction of sp³-hybridized carbons (Fsp3) is 0.474. The van der Waals surface area contributed by atoms with Crippen LogP contribution in [0.5, 0.6) is 0 Å². The number of benzene rings is 1. The molecule has 3 aliphatic rings. The van der Waals surface area contributed by atoms with Crippen LogP contribution in [-0.4, -0.2) is 42.2 Å². The Morgan fingerprint density at radius 3 is 2.81 bits per heavy atom. The highest BCUT2D eigenvalue weighted by Gasteiger charge is 2.48. The summed E-state index contributed by atoms with van der Waals surface area (Å²) < 4.78 is 23.5. The smallest absolute Gasteiger partial charge is 0.238 e. The monoisotopic (exact) mass is 386 g/mol. The van der Waals surface area contributed by atoms with Crippen LogP contribution in [-0.2, 0) is 22.9 Å². The zero-order chi connectivity index (χ0) is 18.8. The van der Waals surface area contributed by atoms with Crippen LogP contribution in [0.25, 0.3) is 11.3 Å². The lowest BCUT2D eigenvalue weighted by atomic mass is 9.77. The van der Waals surface area contributed by atoms with Crippen molar-refractivity contribution in [2.45, 2.75) is 49.1 Å². The molecule has 2 fully saturated rings. The number of sulfonamides is 1. The van der Waals surface area contributed by atoms with Crippen molar-refractivity contribution in [3.63, 3.8) is 0 Å². The first kappa shape index (κ1) is 17.1. The Morgan fingerprint density at radius 1 is 1.22 bits per heavy atom. The molecule has 1 aromatic carbocycles. The van der Waals surface area contributed by atoms with Gasteiger partial charge in [0.1, 0.15) is 0 Å². The van der Waals surface area contributed by atoms with Crippen LogP contribution in [0.2, 0.25) is 0 Å². The summed E-state index contributed by atoms with van der Waals surface area (Å²) in [6, 6.07) is 6.98. The van der Waals surface area contributed by atoms with Crippen molar-refractivity contribution < 1.29 is 13.5 Å². The number of hydrogen-bond donors (Lipinski definition) is 2. The molecule has 5 rings (SSSR count). The molecule has 3 atom stereocenters. The molecule has 3 N–H and O–H groups in total. The van der Waals surface area contributed by atoms with E-state index < -0.39 is 10.0 Å². The number of hydrogen-bond acceptors (Lipinski definition) is 6. The summed E-state index contributed by atoms with van der Waals surface area (Å²) in [5.41, 5.74) is 3.73. The first-order valence-corrected chi connectivity index (χ1v) is 10.9. The highest BCUT2D eigenvalue weighted by Crippen LogP contribution is 2.43. The van der Waals surface area contributed by atoms with Crippen molar-refractivity contribution in [3.05, 3.63) is 35.5 Å². The SMILES string of the molecule is NS(=O)(=O)c1cccc(-c2nc(N3CC[C@@H]4[C@H](O)C[C@@H]43)nc3c2CCC3)c1. The van der Waals surface area contributed by atoms with Gasteiger partial charge >= 0.3 is 0 Å². The van der Waals surface area contributed by atoms with Crippen LogP contribution in [0.4, 0.5) is 5.95 Å². The molecule has 2 heterocycles. The summed E-state index contributed by atoms with van der Waals surface area (Å²) in [5.74, 6) is 1.02.